The topological polar surface area (TPSA) is 78.9 Å². The highest BCUT2D eigenvalue weighted by Crippen LogP contribution is 2.16. The SMILES string of the molecule is CC(C)CCCCCCCCCCCCCC(=O)OC[C@H](COC(=O)CCCCCCCCCC(C)C)OC(=O)CCCCCCCCCC(C)C. The summed E-state index contributed by atoms with van der Waals surface area (Å²) in [6.45, 7) is 13.6. The Morgan fingerprint density at radius 2 is 0.558 bits per heavy atom. The minimum atomic E-state index is -0.762. The molecule has 0 aromatic carbocycles. The molecule has 0 rings (SSSR count). The van der Waals surface area contributed by atoms with Crippen LogP contribution in [0.4, 0.5) is 0 Å². The number of rotatable bonds is 39. The van der Waals surface area contributed by atoms with Gasteiger partial charge in [0.2, 0.25) is 0 Å². The van der Waals surface area contributed by atoms with Crippen molar-refractivity contribution in [1.29, 1.82) is 0 Å². The Morgan fingerprint density at radius 1 is 0.327 bits per heavy atom. The van der Waals surface area contributed by atoms with Crippen LogP contribution in [0.1, 0.15) is 241 Å². The van der Waals surface area contributed by atoms with Crippen molar-refractivity contribution in [2.75, 3.05) is 13.2 Å². The summed E-state index contributed by atoms with van der Waals surface area (Å²) in [6.07, 6.45) is 33.9. The summed E-state index contributed by atoms with van der Waals surface area (Å²) in [7, 11) is 0. The van der Waals surface area contributed by atoms with Crippen LogP contribution < -0.4 is 0 Å². The Hall–Kier alpha value is -1.59. The molecular weight excluding hydrogens is 648 g/mol. The van der Waals surface area contributed by atoms with Crippen molar-refractivity contribution in [3.63, 3.8) is 0 Å². The van der Waals surface area contributed by atoms with Gasteiger partial charge >= 0.3 is 17.9 Å². The first-order chi connectivity index (χ1) is 25.1. The minimum Gasteiger partial charge on any atom is -0.462 e. The molecule has 6 nitrogen and oxygen atoms in total. The van der Waals surface area contributed by atoms with Gasteiger partial charge in [0.1, 0.15) is 13.2 Å². The fourth-order valence-electron chi connectivity index (χ4n) is 6.70. The van der Waals surface area contributed by atoms with Crippen LogP contribution in [0.25, 0.3) is 0 Å². The highest BCUT2D eigenvalue weighted by atomic mass is 16.6. The van der Waals surface area contributed by atoms with E-state index in [0.717, 1.165) is 75.5 Å². The Bertz CT molecular complexity index is 807. The number of unbranched alkanes of at least 4 members (excludes halogenated alkanes) is 22. The molecule has 0 heterocycles. The van der Waals surface area contributed by atoms with Gasteiger partial charge in [-0.25, -0.2) is 0 Å². The Morgan fingerprint density at radius 3 is 0.827 bits per heavy atom. The molecular formula is C46H88O6. The molecule has 6 heteroatoms. The molecule has 0 amide bonds. The second kappa shape index (κ2) is 37.7. The maximum atomic E-state index is 12.7. The van der Waals surface area contributed by atoms with E-state index in [1.807, 2.05) is 0 Å². The van der Waals surface area contributed by atoms with Crippen LogP contribution >= 0.6 is 0 Å². The van der Waals surface area contributed by atoms with Gasteiger partial charge in [0.05, 0.1) is 0 Å². The van der Waals surface area contributed by atoms with Gasteiger partial charge in [-0.05, 0) is 37.0 Å². The van der Waals surface area contributed by atoms with E-state index in [9.17, 15) is 14.4 Å². The zero-order chi connectivity index (χ0) is 38.5. The maximum Gasteiger partial charge on any atom is 0.306 e. The summed E-state index contributed by atoms with van der Waals surface area (Å²) in [4.78, 5) is 37.6. The van der Waals surface area contributed by atoms with Crippen molar-refractivity contribution >= 4 is 17.9 Å². The van der Waals surface area contributed by atoms with Crippen LogP contribution in [0, 0.1) is 17.8 Å². The van der Waals surface area contributed by atoms with Gasteiger partial charge < -0.3 is 14.2 Å². The molecule has 0 aliphatic rings. The highest BCUT2D eigenvalue weighted by Gasteiger charge is 2.19. The lowest BCUT2D eigenvalue weighted by molar-refractivity contribution is -0.167. The van der Waals surface area contributed by atoms with Gasteiger partial charge in [-0.3, -0.25) is 14.4 Å². The van der Waals surface area contributed by atoms with Crippen LogP contribution in [0.2, 0.25) is 0 Å². The maximum absolute atomic E-state index is 12.7. The van der Waals surface area contributed by atoms with Gasteiger partial charge in [-0.2, -0.15) is 0 Å². The standard InChI is InChI=1S/C46H88O6/c1-40(2)32-26-20-14-10-8-7-9-11-17-23-29-35-44(47)50-38-43(52-46(49)37-31-25-19-13-16-22-28-34-42(5)6)39-51-45(48)36-30-24-18-12-15-21-27-33-41(3)4/h40-43H,7-39H2,1-6H3/t43-/m1/s1. The van der Waals surface area contributed by atoms with Crippen LogP contribution in [0.3, 0.4) is 0 Å². The fourth-order valence-corrected chi connectivity index (χ4v) is 6.70. The molecule has 0 fully saturated rings. The second-order valence-corrected chi connectivity index (χ2v) is 17.1. The normalized spacial score (nSPS) is 12.2. The molecule has 0 saturated carbocycles. The second-order valence-electron chi connectivity index (χ2n) is 17.1. The van der Waals surface area contributed by atoms with Crippen LogP contribution in [0.5, 0.6) is 0 Å². The number of ether oxygens (including phenoxy) is 3. The van der Waals surface area contributed by atoms with Gasteiger partial charge in [-0.15, -0.1) is 0 Å². The quantitative estimate of drug-likeness (QED) is 0.0355. The molecule has 0 radical (unpaired) electrons. The number of hydrogen-bond donors (Lipinski definition) is 0. The predicted molar refractivity (Wildman–Crippen MR) is 219 cm³/mol. The fraction of sp³-hybridized carbons (Fsp3) is 0.935. The zero-order valence-corrected chi connectivity index (χ0v) is 35.6. The third kappa shape index (κ3) is 39.6. The lowest BCUT2D eigenvalue weighted by Gasteiger charge is -2.18. The molecule has 0 aliphatic heterocycles. The molecule has 0 aromatic rings. The third-order valence-electron chi connectivity index (χ3n) is 10.1. The first kappa shape index (κ1) is 50.4. The molecule has 1 atom stereocenters. The largest absolute Gasteiger partial charge is 0.462 e. The average Bonchev–Trinajstić information content (AvgIpc) is 3.09. The monoisotopic (exact) mass is 737 g/mol. The van der Waals surface area contributed by atoms with Crippen molar-refractivity contribution in [3.8, 4) is 0 Å². The molecule has 0 spiro atoms. The van der Waals surface area contributed by atoms with E-state index in [4.69, 9.17) is 14.2 Å². The van der Waals surface area contributed by atoms with Crippen molar-refractivity contribution in [2.24, 2.45) is 17.8 Å². The van der Waals surface area contributed by atoms with E-state index in [2.05, 4.69) is 41.5 Å². The van der Waals surface area contributed by atoms with Crippen LogP contribution in [0.15, 0.2) is 0 Å². The lowest BCUT2D eigenvalue weighted by atomic mass is 10.0. The molecule has 0 saturated heterocycles. The summed E-state index contributed by atoms with van der Waals surface area (Å²) in [5.41, 5.74) is 0. The van der Waals surface area contributed by atoms with Gasteiger partial charge in [0.25, 0.3) is 0 Å². The van der Waals surface area contributed by atoms with Crippen molar-refractivity contribution in [1.82, 2.24) is 0 Å². The number of esters is 3. The Kier molecular flexibility index (Phi) is 36.6. The van der Waals surface area contributed by atoms with Crippen molar-refractivity contribution in [2.45, 2.75) is 247 Å². The highest BCUT2D eigenvalue weighted by molar-refractivity contribution is 5.71. The first-order valence-electron chi connectivity index (χ1n) is 22.6. The van der Waals surface area contributed by atoms with E-state index in [1.165, 1.54) is 122 Å². The van der Waals surface area contributed by atoms with Crippen LogP contribution in [-0.2, 0) is 28.6 Å². The summed E-state index contributed by atoms with van der Waals surface area (Å²) < 4.78 is 16.7. The number of carbonyl (C=O) groups is 3. The Balaban J connectivity index is 4.32. The molecule has 0 aliphatic carbocycles. The van der Waals surface area contributed by atoms with Gasteiger partial charge in [0.15, 0.2) is 6.10 Å². The van der Waals surface area contributed by atoms with E-state index >= 15 is 0 Å². The van der Waals surface area contributed by atoms with E-state index in [-0.39, 0.29) is 31.1 Å². The smallest absolute Gasteiger partial charge is 0.306 e. The molecule has 0 unspecified atom stereocenters. The number of carbonyl (C=O) groups excluding carboxylic acids is 3. The summed E-state index contributed by atoms with van der Waals surface area (Å²) in [6, 6.07) is 0. The molecule has 308 valence electrons. The molecule has 0 aromatic heterocycles. The van der Waals surface area contributed by atoms with Crippen molar-refractivity contribution in [3.05, 3.63) is 0 Å². The lowest BCUT2D eigenvalue weighted by Crippen LogP contribution is -2.30. The first-order valence-corrected chi connectivity index (χ1v) is 22.6. The van der Waals surface area contributed by atoms with E-state index in [1.54, 1.807) is 0 Å². The molecule has 0 N–H and O–H groups in total. The molecule has 52 heavy (non-hydrogen) atoms. The predicted octanol–water partition coefficient (Wildman–Crippen LogP) is 14.0. The minimum absolute atomic E-state index is 0.0670. The Labute approximate surface area is 323 Å². The van der Waals surface area contributed by atoms with Gasteiger partial charge in [0, 0.05) is 19.3 Å². The van der Waals surface area contributed by atoms with Crippen LogP contribution in [-0.4, -0.2) is 37.2 Å². The van der Waals surface area contributed by atoms with E-state index < -0.39 is 6.10 Å². The van der Waals surface area contributed by atoms with E-state index in [0.29, 0.717) is 19.3 Å². The summed E-state index contributed by atoms with van der Waals surface area (Å²) in [5, 5.41) is 0. The average molecular weight is 737 g/mol. The zero-order valence-electron chi connectivity index (χ0n) is 35.6. The van der Waals surface area contributed by atoms with Crippen molar-refractivity contribution < 1.29 is 28.6 Å². The third-order valence-corrected chi connectivity index (χ3v) is 10.1. The summed E-state index contributed by atoms with van der Waals surface area (Å²) in [5.74, 6) is 1.52. The van der Waals surface area contributed by atoms with Gasteiger partial charge in [-0.1, -0.05) is 202 Å². The molecule has 0 bridgehead atoms. The number of hydrogen-bond acceptors (Lipinski definition) is 6. The summed E-state index contributed by atoms with van der Waals surface area (Å²) >= 11 is 0.